The van der Waals surface area contributed by atoms with Gasteiger partial charge in [0.1, 0.15) is 12.0 Å². The van der Waals surface area contributed by atoms with Crippen LogP contribution in [0.25, 0.3) is 0 Å². The average Bonchev–Trinajstić information content (AvgIpc) is 3.17. The van der Waals surface area contributed by atoms with E-state index in [0.29, 0.717) is 24.7 Å². The fourth-order valence-corrected chi connectivity index (χ4v) is 3.10. The minimum Gasteiger partial charge on any atom is -0.496 e. The molecule has 0 radical (unpaired) electrons. The molecule has 2 aromatic carbocycles. The van der Waals surface area contributed by atoms with Gasteiger partial charge in [-0.05, 0) is 25.5 Å². The standard InChI is InChI=1S/C23H27N3O3/c1-17(2)24-23(27)20-16-29-22(25-20)15-26(13-18-9-5-4-6-10-18)14-19-11-7-8-12-21(19)28-3/h4-12,16-17H,13-15H2,1-3H3,(H,24,27). The van der Waals surface area contributed by atoms with Crippen molar-refractivity contribution < 1.29 is 13.9 Å². The molecule has 1 heterocycles. The first-order valence-corrected chi connectivity index (χ1v) is 9.68. The van der Waals surface area contributed by atoms with E-state index in [9.17, 15) is 4.79 Å². The molecule has 3 rings (SSSR count). The predicted octanol–water partition coefficient (Wildman–Crippen LogP) is 4.02. The molecule has 0 spiro atoms. The number of oxazole rings is 1. The molecule has 0 unspecified atom stereocenters. The Morgan fingerprint density at radius 1 is 1.07 bits per heavy atom. The molecule has 0 bridgehead atoms. The number of amides is 1. The van der Waals surface area contributed by atoms with E-state index >= 15 is 0 Å². The second kappa shape index (κ2) is 9.89. The van der Waals surface area contributed by atoms with Crippen LogP contribution in [-0.2, 0) is 19.6 Å². The van der Waals surface area contributed by atoms with Crippen LogP contribution in [0.15, 0.2) is 65.3 Å². The quantitative estimate of drug-likeness (QED) is 0.595. The van der Waals surface area contributed by atoms with Crippen LogP contribution in [0.2, 0.25) is 0 Å². The van der Waals surface area contributed by atoms with Crippen molar-refractivity contribution >= 4 is 5.91 Å². The van der Waals surface area contributed by atoms with Crippen molar-refractivity contribution in [2.75, 3.05) is 7.11 Å². The first-order chi connectivity index (χ1) is 14.0. The van der Waals surface area contributed by atoms with Crippen molar-refractivity contribution in [3.05, 3.63) is 83.6 Å². The van der Waals surface area contributed by atoms with Gasteiger partial charge in [-0.25, -0.2) is 4.98 Å². The van der Waals surface area contributed by atoms with Gasteiger partial charge in [0, 0.05) is 24.7 Å². The highest BCUT2D eigenvalue weighted by Crippen LogP contribution is 2.21. The summed E-state index contributed by atoms with van der Waals surface area (Å²) in [5.41, 5.74) is 2.56. The van der Waals surface area contributed by atoms with Gasteiger partial charge >= 0.3 is 0 Å². The SMILES string of the molecule is COc1ccccc1CN(Cc1ccccc1)Cc1nc(C(=O)NC(C)C)co1. The smallest absolute Gasteiger partial charge is 0.273 e. The molecule has 1 amide bonds. The first-order valence-electron chi connectivity index (χ1n) is 9.68. The fourth-order valence-electron chi connectivity index (χ4n) is 3.10. The zero-order valence-electron chi connectivity index (χ0n) is 17.1. The Bertz CT molecular complexity index is 922. The highest BCUT2D eigenvalue weighted by molar-refractivity contribution is 5.92. The van der Waals surface area contributed by atoms with Gasteiger partial charge in [0.05, 0.1) is 13.7 Å². The van der Waals surface area contributed by atoms with Gasteiger partial charge in [-0.15, -0.1) is 0 Å². The lowest BCUT2D eigenvalue weighted by Crippen LogP contribution is -2.30. The third kappa shape index (κ3) is 5.93. The Kier molecular flexibility index (Phi) is 7.03. The number of aromatic nitrogens is 1. The molecule has 1 N–H and O–H groups in total. The molecule has 0 saturated carbocycles. The number of hydrogen-bond acceptors (Lipinski definition) is 5. The number of carbonyl (C=O) groups excluding carboxylic acids is 1. The highest BCUT2D eigenvalue weighted by Gasteiger charge is 2.17. The van der Waals surface area contributed by atoms with Crippen LogP contribution in [0.3, 0.4) is 0 Å². The van der Waals surface area contributed by atoms with Crippen LogP contribution in [0.5, 0.6) is 5.75 Å². The van der Waals surface area contributed by atoms with Gasteiger partial charge < -0.3 is 14.5 Å². The van der Waals surface area contributed by atoms with E-state index in [1.54, 1.807) is 7.11 Å². The summed E-state index contributed by atoms with van der Waals surface area (Å²) >= 11 is 0. The van der Waals surface area contributed by atoms with Gasteiger partial charge in [-0.1, -0.05) is 48.5 Å². The molecule has 0 aliphatic heterocycles. The van der Waals surface area contributed by atoms with Gasteiger partial charge in [0.15, 0.2) is 5.69 Å². The summed E-state index contributed by atoms with van der Waals surface area (Å²) < 4.78 is 11.1. The van der Waals surface area contributed by atoms with Crippen LogP contribution in [0.4, 0.5) is 0 Å². The van der Waals surface area contributed by atoms with E-state index in [4.69, 9.17) is 9.15 Å². The zero-order valence-corrected chi connectivity index (χ0v) is 17.1. The second-order valence-corrected chi connectivity index (χ2v) is 7.20. The number of nitrogens with zero attached hydrogens (tertiary/aromatic N) is 2. The Balaban J connectivity index is 1.78. The first kappa shape index (κ1) is 20.6. The molecule has 6 nitrogen and oxygen atoms in total. The van der Waals surface area contributed by atoms with Crippen LogP contribution in [0, 0.1) is 0 Å². The number of methoxy groups -OCH3 is 1. The van der Waals surface area contributed by atoms with Gasteiger partial charge in [-0.2, -0.15) is 0 Å². The van der Waals surface area contributed by atoms with E-state index in [1.807, 2.05) is 56.3 Å². The lowest BCUT2D eigenvalue weighted by Gasteiger charge is -2.22. The van der Waals surface area contributed by atoms with Crippen LogP contribution in [-0.4, -0.2) is 28.9 Å². The molecule has 29 heavy (non-hydrogen) atoms. The molecule has 6 heteroatoms. The summed E-state index contributed by atoms with van der Waals surface area (Å²) in [6.45, 7) is 5.67. The maximum absolute atomic E-state index is 12.2. The van der Waals surface area contributed by atoms with Gasteiger partial charge in [0.2, 0.25) is 5.89 Å². The number of nitrogens with one attached hydrogen (secondary N) is 1. The lowest BCUT2D eigenvalue weighted by atomic mass is 10.1. The molecular weight excluding hydrogens is 366 g/mol. The Labute approximate surface area is 171 Å². The van der Waals surface area contributed by atoms with Crippen LogP contribution < -0.4 is 10.1 Å². The largest absolute Gasteiger partial charge is 0.496 e. The molecule has 3 aromatic rings. The minimum absolute atomic E-state index is 0.0442. The van der Waals surface area contributed by atoms with E-state index in [2.05, 4.69) is 27.3 Å². The summed E-state index contributed by atoms with van der Waals surface area (Å²) in [5.74, 6) is 1.12. The van der Waals surface area contributed by atoms with Crippen LogP contribution in [0.1, 0.15) is 41.4 Å². The summed E-state index contributed by atoms with van der Waals surface area (Å²) in [4.78, 5) is 18.7. The summed E-state index contributed by atoms with van der Waals surface area (Å²) in [6.07, 6.45) is 1.41. The average molecular weight is 393 g/mol. The summed E-state index contributed by atoms with van der Waals surface area (Å²) in [7, 11) is 1.67. The van der Waals surface area contributed by atoms with Crippen molar-refractivity contribution in [1.82, 2.24) is 15.2 Å². The summed E-state index contributed by atoms with van der Waals surface area (Å²) in [6, 6.07) is 18.2. The molecule has 152 valence electrons. The van der Waals surface area contributed by atoms with Crippen LogP contribution >= 0.6 is 0 Å². The van der Waals surface area contributed by atoms with Gasteiger partial charge in [0.25, 0.3) is 5.91 Å². The van der Waals surface area contributed by atoms with Crippen molar-refractivity contribution in [2.24, 2.45) is 0 Å². The fraction of sp³-hybridized carbons (Fsp3) is 0.304. The number of ether oxygens (including phenoxy) is 1. The number of para-hydroxylation sites is 1. The molecule has 0 atom stereocenters. The highest BCUT2D eigenvalue weighted by atomic mass is 16.5. The van der Waals surface area contributed by atoms with Crippen molar-refractivity contribution in [1.29, 1.82) is 0 Å². The number of benzene rings is 2. The monoisotopic (exact) mass is 393 g/mol. The molecule has 0 fully saturated rings. The van der Waals surface area contributed by atoms with E-state index < -0.39 is 0 Å². The number of rotatable bonds is 9. The molecular formula is C23H27N3O3. The Morgan fingerprint density at radius 3 is 2.52 bits per heavy atom. The van der Waals surface area contributed by atoms with E-state index in [-0.39, 0.29) is 11.9 Å². The topological polar surface area (TPSA) is 67.6 Å². The third-order valence-electron chi connectivity index (χ3n) is 4.40. The normalized spacial score (nSPS) is 11.1. The molecule has 0 aliphatic carbocycles. The molecule has 0 saturated heterocycles. The van der Waals surface area contributed by atoms with Crippen molar-refractivity contribution in [3.8, 4) is 5.75 Å². The van der Waals surface area contributed by atoms with Crippen molar-refractivity contribution in [3.63, 3.8) is 0 Å². The minimum atomic E-state index is -0.227. The van der Waals surface area contributed by atoms with E-state index in [1.165, 1.54) is 11.8 Å². The maximum atomic E-state index is 12.2. The number of hydrogen-bond donors (Lipinski definition) is 1. The third-order valence-corrected chi connectivity index (χ3v) is 4.40. The second-order valence-electron chi connectivity index (χ2n) is 7.20. The lowest BCUT2D eigenvalue weighted by molar-refractivity contribution is 0.0938. The summed E-state index contributed by atoms with van der Waals surface area (Å²) in [5, 5.41) is 2.83. The zero-order chi connectivity index (χ0) is 20.6. The number of carbonyl (C=O) groups is 1. The van der Waals surface area contributed by atoms with Crippen molar-refractivity contribution in [2.45, 2.75) is 39.5 Å². The molecule has 1 aromatic heterocycles. The Hall–Kier alpha value is -3.12. The maximum Gasteiger partial charge on any atom is 0.273 e. The van der Waals surface area contributed by atoms with E-state index in [0.717, 1.165) is 17.9 Å². The van der Waals surface area contributed by atoms with Gasteiger partial charge in [-0.3, -0.25) is 9.69 Å². The molecule has 0 aliphatic rings. The predicted molar refractivity (Wildman–Crippen MR) is 111 cm³/mol. The Morgan fingerprint density at radius 2 is 1.79 bits per heavy atom.